The lowest BCUT2D eigenvalue weighted by Crippen LogP contribution is -2.45. The Morgan fingerprint density at radius 1 is 0.436 bits per heavy atom. The van der Waals surface area contributed by atoms with E-state index >= 15 is 0 Å². The predicted octanol–water partition coefficient (Wildman–Crippen LogP) is 15.3. The smallest absolute Gasteiger partial charge is 0.220 e. The van der Waals surface area contributed by atoms with Crippen molar-refractivity contribution in [3.05, 3.63) is 60.8 Å². The molecule has 0 heterocycles. The van der Waals surface area contributed by atoms with Crippen molar-refractivity contribution in [2.45, 2.75) is 251 Å². The first-order valence-corrected chi connectivity index (χ1v) is 24.0. The van der Waals surface area contributed by atoms with E-state index in [0.717, 1.165) is 44.9 Å². The zero-order valence-corrected chi connectivity index (χ0v) is 36.7. The van der Waals surface area contributed by atoms with Crippen molar-refractivity contribution in [3.63, 3.8) is 0 Å². The van der Waals surface area contributed by atoms with Crippen LogP contribution in [0.5, 0.6) is 0 Å². The number of amides is 1. The van der Waals surface area contributed by atoms with Gasteiger partial charge in [0, 0.05) is 6.42 Å². The third-order valence-electron chi connectivity index (χ3n) is 10.7. The summed E-state index contributed by atoms with van der Waals surface area (Å²) in [6.07, 6.45) is 64.9. The molecular weight excluding hydrogens is 675 g/mol. The fourth-order valence-electron chi connectivity index (χ4n) is 7.00. The number of rotatable bonds is 43. The van der Waals surface area contributed by atoms with Gasteiger partial charge in [0.05, 0.1) is 18.8 Å². The summed E-state index contributed by atoms with van der Waals surface area (Å²) < 4.78 is 0. The standard InChI is InChI=1S/C51H93NO3/c1-3-5-7-9-11-13-15-17-19-21-23-24-25-26-27-29-30-32-34-36-38-40-42-44-46-50(54)49(48-53)52-51(55)47-45-43-41-39-37-35-33-31-28-22-20-18-16-14-12-10-8-6-4-2/h12,14,18,20,29-30,36,38,44,46,49-50,53-54H,3-11,13,15-17,19,21-28,31-35,37,39-43,45,47-48H2,1-2H3,(H,52,55)/b14-12-,20-18-,30-29+,38-36+,46-44+. The number of nitrogens with one attached hydrogen (secondary N) is 1. The van der Waals surface area contributed by atoms with E-state index in [1.807, 2.05) is 6.08 Å². The molecule has 0 radical (unpaired) electrons. The zero-order chi connectivity index (χ0) is 40.0. The molecule has 2 unspecified atom stereocenters. The molecule has 0 saturated heterocycles. The number of hydrogen-bond donors (Lipinski definition) is 3. The van der Waals surface area contributed by atoms with Crippen molar-refractivity contribution in [1.29, 1.82) is 0 Å². The van der Waals surface area contributed by atoms with Crippen LogP contribution in [0.1, 0.15) is 239 Å². The van der Waals surface area contributed by atoms with Gasteiger partial charge < -0.3 is 15.5 Å². The molecule has 0 aliphatic heterocycles. The maximum Gasteiger partial charge on any atom is 0.220 e. The molecule has 55 heavy (non-hydrogen) atoms. The molecule has 0 aromatic rings. The Bertz CT molecular complexity index is 919. The lowest BCUT2D eigenvalue weighted by atomic mass is 10.0. The summed E-state index contributed by atoms with van der Waals surface area (Å²) in [5.41, 5.74) is 0. The molecule has 0 aliphatic rings. The molecule has 3 N–H and O–H groups in total. The fraction of sp³-hybridized carbons (Fsp3) is 0.784. The van der Waals surface area contributed by atoms with Gasteiger partial charge in [0.15, 0.2) is 0 Å². The second-order valence-electron chi connectivity index (χ2n) is 16.2. The highest BCUT2D eigenvalue weighted by Gasteiger charge is 2.17. The van der Waals surface area contributed by atoms with Gasteiger partial charge >= 0.3 is 0 Å². The van der Waals surface area contributed by atoms with E-state index in [1.165, 1.54) is 173 Å². The summed E-state index contributed by atoms with van der Waals surface area (Å²) in [6, 6.07) is -0.650. The maximum absolute atomic E-state index is 12.4. The Morgan fingerprint density at radius 2 is 0.764 bits per heavy atom. The molecular formula is C51H93NO3. The van der Waals surface area contributed by atoms with Crippen LogP contribution >= 0.6 is 0 Å². The SMILES string of the molecule is CCCCC/C=C\C/C=C\CCCCCCCCCCCC(=O)NC(CO)C(O)/C=C/CC/C=C/CC/C=C/CCCCCCCCCCCCCCCC. The Balaban J connectivity index is 3.63. The van der Waals surface area contributed by atoms with Crippen LogP contribution in [0.15, 0.2) is 60.8 Å². The van der Waals surface area contributed by atoms with Gasteiger partial charge in [-0.25, -0.2) is 0 Å². The highest BCUT2D eigenvalue weighted by atomic mass is 16.3. The average Bonchev–Trinajstić information content (AvgIpc) is 3.19. The molecule has 0 bridgehead atoms. The monoisotopic (exact) mass is 768 g/mol. The molecule has 4 heteroatoms. The van der Waals surface area contributed by atoms with Crippen molar-refractivity contribution in [2.24, 2.45) is 0 Å². The van der Waals surface area contributed by atoms with E-state index in [9.17, 15) is 15.0 Å². The van der Waals surface area contributed by atoms with Crippen LogP contribution in [-0.2, 0) is 4.79 Å². The van der Waals surface area contributed by atoms with Crippen LogP contribution < -0.4 is 5.32 Å². The summed E-state index contributed by atoms with van der Waals surface area (Å²) >= 11 is 0. The first-order valence-electron chi connectivity index (χ1n) is 24.0. The number of allylic oxidation sites excluding steroid dienone is 9. The second kappa shape index (κ2) is 46.5. The van der Waals surface area contributed by atoms with E-state index in [1.54, 1.807) is 6.08 Å². The van der Waals surface area contributed by atoms with Crippen molar-refractivity contribution >= 4 is 5.91 Å². The van der Waals surface area contributed by atoms with Gasteiger partial charge in [-0.1, -0.05) is 216 Å². The number of aliphatic hydroxyl groups is 2. The maximum atomic E-state index is 12.4. The Morgan fingerprint density at radius 3 is 1.20 bits per heavy atom. The van der Waals surface area contributed by atoms with Gasteiger partial charge in [0.1, 0.15) is 0 Å². The van der Waals surface area contributed by atoms with Crippen LogP contribution in [0, 0.1) is 0 Å². The first kappa shape index (κ1) is 53.1. The molecule has 0 saturated carbocycles. The van der Waals surface area contributed by atoms with E-state index in [2.05, 4.69) is 67.8 Å². The summed E-state index contributed by atoms with van der Waals surface area (Å²) in [7, 11) is 0. The Hall–Kier alpha value is -1.91. The first-order chi connectivity index (χ1) is 27.2. The molecule has 1 amide bonds. The van der Waals surface area contributed by atoms with Gasteiger partial charge in [-0.3, -0.25) is 4.79 Å². The topological polar surface area (TPSA) is 69.6 Å². The van der Waals surface area contributed by atoms with Crippen molar-refractivity contribution in [3.8, 4) is 0 Å². The van der Waals surface area contributed by atoms with Crippen molar-refractivity contribution in [1.82, 2.24) is 5.32 Å². The van der Waals surface area contributed by atoms with Gasteiger partial charge in [-0.15, -0.1) is 0 Å². The van der Waals surface area contributed by atoms with Gasteiger partial charge in [-0.05, 0) is 77.0 Å². The second-order valence-corrected chi connectivity index (χ2v) is 16.2. The summed E-state index contributed by atoms with van der Waals surface area (Å²) in [5.74, 6) is -0.0832. The van der Waals surface area contributed by atoms with E-state index in [0.29, 0.717) is 6.42 Å². The number of carbonyl (C=O) groups excluding carboxylic acids is 1. The molecule has 0 spiro atoms. The number of hydrogen-bond acceptors (Lipinski definition) is 3. The van der Waals surface area contributed by atoms with Crippen molar-refractivity contribution in [2.75, 3.05) is 6.61 Å². The molecule has 2 atom stereocenters. The van der Waals surface area contributed by atoms with Gasteiger partial charge in [0.25, 0.3) is 0 Å². The predicted molar refractivity (Wildman–Crippen MR) is 244 cm³/mol. The fourth-order valence-corrected chi connectivity index (χ4v) is 7.00. The lowest BCUT2D eigenvalue weighted by molar-refractivity contribution is -0.123. The average molecular weight is 768 g/mol. The van der Waals surface area contributed by atoms with Crippen LogP contribution in [0.25, 0.3) is 0 Å². The summed E-state index contributed by atoms with van der Waals surface area (Å²) in [6.45, 7) is 4.27. The Kier molecular flexibility index (Phi) is 44.9. The van der Waals surface area contributed by atoms with Crippen LogP contribution in [-0.4, -0.2) is 34.9 Å². The Labute approximate surface area is 343 Å². The molecule has 0 aromatic carbocycles. The van der Waals surface area contributed by atoms with E-state index < -0.39 is 12.1 Å². The minimum Gasteiger partial charge on any atom is -0.394 e. The molecule has 320 valence electrons. The molecule has 0 aliphatic carbocycles. The van der Waals surface area contributed by atoms with Gasteiger partial charge in [-0.2, -0.15) is 0 Å². The van der Waals surface area contributed by atoms with Crippen LogP contribution in [0.2, 0.25) is 0 Å². The molecule has 0 rings (SSSR count). The van der Waals surface area contributed by atoms with E-state index in [4.69, 9.17) is 0 Å². The largest absolute Gasteiger partial charge is 0.394 e. The molecule has 4 nitrogen and oxygen atoms in total. The summed E-state index contributed by atoms with van der Waals surface area (Å²) in [5, 5.41) is 23.0. The summed E-state index contributed by atoms with van der Waals surface area (Å²) in [4.78, 5) is 12.4. The molecule has 0 fully saturated rings. The van der Waals surface area contributed by atoms with Crippen molar-refractivity contribution < 1.29 is 15.0 Å². The highest BCUT2D eigenvalue weighted by Crippen LogP contribution is 2.15. The normalized spacial score (nSPS) is 13.5. The lowest BCUT2D eigenvalue weighted by Gasteiger charge is -2.19. The minimum atomic E-state index is -0.874. The van der Waals surface area contributed by atoms with E-state index in [-0.39, 0.29) is 12.5 Å². The molecule has 0 aromatic heterocycles. The number of aliphatic hydroxyl groups excluding tert-OH is 2. The third kappa shape index (κ3) is 43.1. The number of carbonyl (C=O) groups is 1. The van der Waals surface area contributed by atoms with Crippen LogP contribution in [0.4, 0.5) is 0 Å². The third-order valence-corrected chi connectivity index (χ3v) is 10.7. The van der Waals surface area contributed by atoms with Crippen LogP contribution in [0.3, 0.4) is 0 Å². The zero-order valence-electron chi connectivity index (χ0n) is 36.7. The highest BCUT2D eigenvalue weighted by molar-refractivity contribution is 5.76. The van der Waals surface area contributed by atoms with Gasteiger partial charge in [0.2, 0.25) is 5.91 Å². The quantitative estimate of drug-likeness (QED) is 0.0427. The minimum absolute atomic E-state index is 0.0832. The number of unbranched alkanes of at least 4 members (excludes halogenated alkanes) is 28.